The zero-order chi connectivity index (χ0) is 17.5. The fourth-order valence-electron chi connectivity index (χ4n) is 4.22. The summed E-state index contributed by atoms with van der Waals surface area (Å²) in [5.74, 6) is 0.0681. The SMILES string of the molecule is CC(=O)N1CC2(CCN(Cc3csc(C)n3)CC2)CC(O)C1(C)C. The molecule has 2 fully saturated rings. The molecule has 0 aromatic carbocycles. The topological polar surface area (TPSA) is 56.7 Å². The molecule has 5 nitrogen and oxygen atoms in total. The van der Waals surface area contributed by atoms with Gasteiger partial charge in [0.05, 0.1) is 22.3 Å². The molecule has 3 rings (SSSR count). The molecule has 0 aliphatic carbocycles. The Labute approximate surface area is 148 Å². The van der Waals surface area contributed by atoms with Crippen molar-refractivity contribution in [2.45, 2.75) is 65.1 Å². The lowest BCUT2D eigenvalue weighted by Gasteiger charge is -2.55. The summed E-state index contributed by atoms with van der Waals surface area (Å²) in [6.45, 7) is 11.3. The molecule has 2 aliphatic heterocycles. The van der Waals surface area contributed by atoms with Crippen LogP contribution in [0.1, 0.15) is 50.7 Å². The van der Waals surface area contributed by atoms with Crippen molar-refractivity contribution < 1.29 is 9.90 Å². The van der Waals surface area contributed by atoms with Crippen LogP contribution in [-0.2, 0) is 11.3 Å². The summed E-state index contributed by atoms with van der Waals surface area (Å²) >= 11 is 1.70. The zero-order valence-corrected chi connectivity index (χ0v) is 16.0. The van der Waals surface area contributed by atoms with Gasteiger partial charge in [-0.05, 0) is 58.5 Å². The molecule has 1 amide bonds. The third-order valence-electron chi connectivity index (χ3n) is 5.98. The van der Waals surface area contributed by atoms with Crippen molar-refractivity contribution in [3.63, 3.8) is 0 Å². The van der Waals surface area contributed by atoms with Crippen LogP contribution in [0, 0.1) is 12.3 Å². The van der Waals surface area contributed by atoms with Crippen LogP contribution in [0.15, 0.2) is 5.38 Å². The summed E-state index contributed by atoms with van der Waals surface area (Å²) in [7, 11) is 0. The van der Waals surface area contributed by atoms with Crippen molar-refractivity contribution in [3.05, 3.63) is 16.1 Å². The van der Waals surface area contributed by atoms with Gasteiger partial charge in [-0.3, -0.25) is 9.69 Å². The molecule has 2 aliphatic rings. The monoisotopic (exact) mass is 351 g/mol. The number of amides is 1. The number of thiazole rings is 1. The van der Waals surface area contributed by atoms with Crippen molar-refractivity contribution in [2.75, 3.05) is 19.6 Å². The normalized spacial score (nSPS) is 26.7. The van der Waals surface area contributed by atoms with Gasteiger partial charge >= 0.3 is 0 Å². The van der Waals surface area contributed by atoms with Gasteiger partial charge in [0.15, 0.2) is 0 Å². The molecule has 1 spiro atoms. The van der Waals surface area contributed by atoms with Gasteiger partial charge in [0.25, 0.3) is 0 Å². The first kappa shape index (κ1) is 17.8. The second-order valence-corrected chi connectivity index (χ2v) is 9.17. The third kappa shape index (κ3) is 3.37. The van der Waals surface area contributed by atoms with Crippen LogP contribution in [0.25, 0.3) is 0 Å². The Morgan fingerprint density at radius 1 is 1.42 bits per heavy atom. The number of aliphatic hydroxyl groups excluding tert-OH is 1. The second-order valence-electron chi connectivity index (χ2n) is 8.11. The molecule has 0 bridgehead atoms. The standard InChI is InChI=1S/C18H29N3O2S/c1-13-19-15(11-24-13)10-20-7-5-18(6-8-20)9-16(23)17(3,4)21(12-18)14(2)22/h11,16,23H,5-10,12H2,1-4H3. The summed E-state index contributed by atoms with van der Waals surface area (Å²) in [4.78, 5) is 21.0. The quantitative estimate of drug-likeness (QED) is 0.889. The van der Waals surface area contributed by atoms with Gasteiger partial charge in [-0.25, -0.2) is 4.98 Å². The first-order valence-electron chi connectivity index (χ1n) is 8.81. The summed E-state index contributed by atoms with van der Waals surface area (Å²) in [6.07, 6.45) is 2.41. The Hall–Kier alpha value is -0.980. The Balaban J connectivity index is 1.65. The highest BCUT2D eigenvalue weighted by Crippen LogP contribution is 2.45. The number of rotatable bonds is 2. The highest BCUT2D eigenvalue weighted by atomic mass is 32.1. The Morgan fingerprint density at radius 2 is 2.08 bits per heavy atom. The maximum atomic E-state index is 12.1. The van der Waals surface area contributed by atoms with Crippen LogP contribution >= 0.6 is 11.3 Å². The van der Waals surface area contributed by atoms with E-state index < -0.39 is 11.6 Å². The van der Waals surface area contributed by atoms with Gasteiger partial charge in [0.1, 0.15) is 0 Å². The highest BCUT2D eigenvalue weighted by Gasteiger charge is 2.50. The van der Waals surface area contributed by atoms with Gasteiger partial charge in [-0.15, -0.1) is 11.3 Å². The van der Waals surface area contributed by atoms with E-state index in [2.05, 4.69) is 15.3 Å². The molecule has 0 radical (unpaired) electrons. The second kappa shape index (κ2) is 6.39. The molecule has 0 saturated carbocycles. The van der Waals surface area contributed by atoms with E-state index in [9.17, 15) is 9.90 Å². The largest absolute Gasteiger partial charge is 0.391 e. The number of likely N-dealkylation sites (tertiary alicyclic amines) is 2. The lowest BCUT2D eigenvalue weighted by molar-refractivity contribution is -0.157. The smallest absolute Gasteiger partial charge is 0.219 e. The molecule has 134 valence electrons. The number of nitrogens with zero attached hydrogens (tertiary/aromatic N) is 3. The maximum Gasteiger partial charge on any atom is 0.219 e. The molecule has 1 aromatic rings. The van der Waals surface area contributed by atoms with Crippen molar-refractivity contribution in [1.82, 2.24) is 14.8 Å². The molecule has 1 aromatic heterocycles. The van der Waals surface area contributed by atoms with Crippen molar-refractivity contribution in [3.8, 4) is 0 Å². The predicted molar refractivity (Wildman–Crippen MR) is 95.9 cm³/mol. The molecular formula is C18H29N3O2S. The van der Waals surface area contributed by atoms with E-state index in [1.165, 1.54) is 0 Å². The summed E-state index contributed by atoms with van der Waals surface area (Å²) < 4.78 is 0. The molecule has 6 heteroatoms. The van der Waals surface area contributed by atoms with Gasteiger partial charge in [0.2, 0.25) is 5.91 Å². The molecule has 1 atom stereocenters. The van der Waals surface area contributed by atoms with Crippen LogP contribution in [-0.4, -0.2) is 57.1 Å². The predicted octanol–water partition coefficient (Wildman–Crippen LogP) is 2.43. The molecule has 3 heterocycles. The lowest BCUT2D eigenvalue weighted by Crippen LogP contribution is -2.64. The Bertz CT molecular complexity index is 605. The van der Waals surface area contributed by atoms with Crippen molar-refractivity contribution in [1.29, 1.82) is 0 Å². The van der Waals surface area contributed by atoms with E-state index in [-0.39, 0.29) is 11.3 Å². The van der Waals surface area contributed by atoms with Crippen LogP contribution < -0.4 is 0 Å². The molecule has 2 saturated heterocycles. The van der Waals surface area contributed by atoms with E-state index >= 15 is 0 Å². The zero-order valence-electron chi connectivity index (χ0n) is 15.2. The first-order chi connectivity index (χ1) is 11.2. The van der Waals surface area contributed by atoms with E-state index in [1.54, 1.807) is 18.3 Å². The first-order valence-corrected chi connectivity index (χ1v) is 9.69. The van der Waals surface area contributed by atoms with Crippen LogP contribution in [0.3, 0.4) is 0 Å². The van der Waals surface area contributed by atoms with Crippen LogP contribution in [0.2, 0.25) is 0 Å². The van der Waals surface area contributed by atoms with Crippen molar-refractivity contribution in [2.24, 2.45) is 5.41 Å². The van der Waals surface area contributed by atoms with Gasteiger partial charge in [-0.2, -0.15) is 0 Å². The molecular weight excluding hydrogens is 322 g/mol. The summed E-state index contributed by atoms with van der Waals surface area (Å²) in [5.41, 5.74) is 0.755. The number of piperidine rings is 2. The lowest BCUT2D eigenvalue weighted by atomic mass is 9.67. The average molecular weight is 352 g/mol. The summed E-state index contributed by atoms with van der Waals surface area (Å²) in [5, 5.41) is 13.9. The number of hydrogen-bond donors (Lipinski definition) is 1. The van der Waals surface area contributed by atoms with E-state index in [0.29, 0.717) is 0 Å². The molecule has 24 heavy (non-hydrogen) atoms. The fraction of sp³-hybridized carbons (Fsp3) is 0.778. The van der Waals surface area contributed by atoms with E-state index in [1.807, 2.05) is 25.7 Å². The van der Waals surface area contributed by atoms with E-state index in [0.717, 1.165) is 56.1 Å². The summed E-state index contributed by atoms with van der Waals surface area (Å²) in [6, 6.07) is 0. The van der Waals surface area contributed by atoms with Crippen molar-refractivity contribution >= 4 is 17.2 Å². The number of aromatic nitrogens is 1. The minimum Gasteiger partial charge on any atom is -0.391 e. The van der Waals surface area contributed by atoms with E-state index in [4.69, 9.17) is 0 Å². The minimum absolute atomic E-state index is 0.0646. The molecule has 1 unspecified atom stereocenters. The number of carbonyl (C=O) groups excluding carboxylic acids is 1. The Morgan fingerprint density at radius 3 is 2.62 bits per heavy atom. The number of aliphatic hydroxyl groups is 1. The number of hydrogen-bond acceptors (Lipinski definition) is 5. The van der Waals surface area contributed by atoms with Gasteiger partial charge in [-0.1, -0.05) is 0 Å². The molecule has 1 N–H and O–H groups in total. The third-order valence-corrected chi connectivity index (χ3v) is 6.80. The van der Waals surface area contributed by atoms with Gasteiger partial charge < -0.3 is 10.0 Å². The van der Waals surface area contributed by atoms with Gasteiger partial charge in [0, 0.05) is 25.4 Å². The highest BCUT2D eigenvalue weighted by molar-refractivity contribution is 7.09. The number of aryl methyl sites for hydroxylation is 1. The maximum absolute atomic E-state index is 12.1. The van der Waals surface area contributed by atoms with Crippen LogP contribution in [0.5, 0.6) is 0 Å². The average Bonchev–Trinajstić information content (AvgIpc) is 2.91. The van der Waals surface area contributed by atoms with Crippen LogP contribution in [0.4, 0.5) is 0 Å². The fourth-order valence-corrected chi connectivity index (χ4v) is 4.82. The number of carbonyl (C=O) groups is 1. The minimum atomic E-state index is -0.466. The Kier molecular flexibility index (Phi) is 4.75.